The third kappa shape index (κ3) is 5.31. The van der Waals surface area contributed by atoms with Gasteiger partial charge in [-0.05, 0) is 42.8 Å². The average Bonchev–Trinajstić information content (AvgIpc) is 2.72. The van der Waals surface area contributed by atoms with Crippen molar-refractivity contribution in [3.8, 4) is 5.75 Å². The van der Waals surface area contributed by atoms with E-state index in [1.54, 1.807) is 31.2 Å². The molecule has 0 aliphatic carbocycles. The molecule has 3 aromatic carbocycles. The van der Waals surface area contributed by atoms with Gasteiger partial charge in [-0.3, -0.25) is 9.59 Å². The Morgan fingerprint density at radius 2 is 1.52 bits per heavy atom. The van der Waals surface area contributed by atoms with Crippen LogP contribution >= 0.6 is 23.4 Å². The maximum atomic E-state index is 12.5. The zero-order valence-electron chi connectivity index (χ0n) is 15.9. The van der Waals surface area contributed by atoms with Gasteiger partial charge in [0.2, 0.25) is 0 Å². The summed E-state index contributed by atoms with van der Waals surface area (Å²) in [5.41, 5.74) is 1.69. The molecular formula is C22H19ClN2O3S. The number of ether oxygens (including phenoxy) is 1. The molecule has 0 unspecified atom stereocenters. The Labute approximate surface area is 178 Å². The highest BCUT2D eigenvalue weighted by Gasteiger charge is 2.18. The fourth-order valence-electron chi connectivity index (χ4n) is 2.56. The number of rotatable bonds is 5. The Hall–Kier alpha value is -2.96. The molecule has 0 fully saturated rings. The summed E-state index contributed by atoms with van der Waals surface area (Å²) in [6.45, 7) is 1.80. The van der Waals surface area contributed by atoms with Gasteiger partial charge in [0.05, 0.1) is 18.5 Å². The van der Waals surface area contributed by atoms with Crippen LogP contribution < -0.4 is 15.4 Å². The van der Waals surface area contributed by atoms with Crippen molar-refractivity contribution in [3.05, 3.63) is 77.3 Å². The molecule has 7 heteroatoms. The second-order valence-corrected chi connectivity index (χ2v) is 7.64. The Kier molecular flexibility index (Phi) is 6.80. The second-order valence-electron chi connectivity index (χ2n) is 6.12. The Morgan fingerprint density at radius 3 is 2.21 bits per heavy atom. The number of carbonyl (C=O) groups is 2. The number of hydrogen-bond donors (Lipinski definition) is 2. The van der Waals surface area contributed by atoms with Crippen LogP contribution in [0.25, 0.3) is 0 Å². The van der Waals surface area contributed by atoms with Crippen molar-refractivity contribution in [2.45, 2.75) is 16.7 Å². The third-order valence-electron chi connectivity index (χ3n) is 4.04. The summed E-state index contributed by atoms with van der Waals surface area (Å²) in [5, 5.41) is 5.76. The third-order valence-corrected chi connectivity index (χ3v) is 5.53. The van der Waals surface area contributed by atoms with Crippen molar-refractivity contribution in [2.75, 3.05) is 17.7 Å². The number of carbonyl (C=O) groups excluding carboxylic acids is 2. The summed E-state index contributed by atoms with van der Waals surface area (Å²) in [4.78, 5) is 26.8. The molecule has 2 N–H and O–H groups in total. The highest BCUT2D eigenvalue weighted by molar-refractivity contribution is 7.99. The summed E-state index contributed by atoms with van der Waals surface area (Å²) in [7, 11) is 1.47. The van der Waals surface area contributed by atoms with Crippen molar-refractivity contribution in [2.24, 2.45) is 0 Å². The largest absolute Gasteiger partial charge is 0.495 e. The van der Waals surface area contributed by atoms with E-state index < -0.39 is 11.8 Å². The Balaban J connectivity index is 1.74. The molecule has 2 amide bonds. The van der Waals surface area contributed by atoms with Crippen LogP contribution in [0.4, 0.5) is 11.4 Å². The number of nitrogens with one attached hydrogen (secondary N) is 2. The van der Waals surface area contributed by atoms with Crippen molar-refractivity contribution >= 4 is 46.6 Å². The van der Waals surface area contributed by atoms with Gasteiger partial charge in [-0.15, -0.1) is 0 Å². The first-order valence-electron chi connectivity index (χ1n) is 8.76. The van der Waals surface area contributed by atoms with Crippen LogP contribution in [-0.4, -0.2) is 18.9 Å². The summed E-state index contributed by atoms with van der Waals surface area (Å²) in [6, 6.07) is 20.3. The molecule has 148 valence electrons. The molecule has 0 saturated heterocycles. The minimum absolute atomic E-state index is 0.376. The lowest BCUT2D eigenvalue weighted by Gasteiger charge is -2.13. The van der Waals surface area contributed by atoms with Crippen molar-refractivity contribution in [1.82, 2.24) is 0 Å². The van der Waals surface area contributed by atoms with Crippen molar-refractivity contribution < 1.29 is 14.3 Å². The smallest absolute Gasteiger partial charge is 0.314 e. The van der Waals surface area contributed by atoms with E-state index in [1.165, 1.54) is 18.9 Å². The molecule has 0 aliphatic heterocycles. The highest BCUT2D eigenvalue weighted by atomic mass is 35.5. The van der Waals surface area contributed by atoms with E-state index in [4.69, 9.17) is 16.3 Å². The lowest BCUT2D eigenvalue weighted by Crippen LogP contribution is -2.29. The number of hydrogen-bond acceptors (Lipinski definition) is 4. The number of anilines is 2. The lowest BCUT2D eigenvalue weighted by atomic mass is 10.2. The van der Waals surface area contributed by atoms with E-state index in [0.717, 1.165) is 15.4 Å². The van der Waals surface area contributed by atoms with Gasteiger partial charge in [0.15, 0.2) is 0 Å². The van der Waals surface area contributed by atoms with Crippen LogP contribution in [0.3, 0.4) is 0 Å². The first kappa shape index (κ1) is 20.8. The van der Waals surface area contributed by atoms with Crippen LogP contribution in [0.1, 0.15) is 5.56 Å². The van der Waals surface area contributed by atoms with Gasteiger partial charge < -0.3 is 15.4 Å². The van der Waals surface area contributed by atoms with E-state index in [-0.39, 0.29) is 0 Å². The number of para-hydroxylation sites is 1. The zero-order chi connectivity index (χ0) is 20.8. The normalized spacial score (nSPS) is 10.3. The molecule has 0 aromatic heterocycles. The standard InChI is InChI=1S/C22H19ClN2O3S/c1-14-12-18(19(28-2)13-16(14)23)25-22(27)21(26)24-17-10-6-7-11-20(17)29-15-8-4-3-5-9-15/h3-13H,1-2H3,(H,24,26)(H,25,27). The molecule has 0 heterocycles. The minimum atomic E-state index is -0.801. The highest BCUT2D eigenvalue weighted by Crippen LogP contribution is 2.33. The van der Waals surface area contributed by atoms with E-state index in [9.17, 15) is 9.59 Å². The predicted molar refractivity (Wildman–Crippen MR) is 117 cm³/mol. The maximum Gasteiger partial charge on any atom is 0.314 e. The number of amides is 2. The van der Waals surface area contributed by atoms with Crippen LogP contribution in [-0.2, 0) is 9.59 Å². The van der Waals surface area contributed by atoms with Crippen LogP contribution in [0.5, 0.6) is 5.75 Å². The van der Waals surface area contributed by atoms with Gasteiger partial charge in [0.25, 0.3) is 0 Å². The molecule has 5 nitrogen and oxygen atoms in total. The molecule has 0 bridgehead atoms. The zero-order valence-corrected chi connectivity index (χ0v) is 17.4. The predicted octanol–water partition coefficient (Wildman–Crippen LogP) is 5.39. The number of aryl methyl sites for hydroxylation is 1. The number of methoxy groups -OCH3 is 1. The molecule has 0 atom stereocenters. The van der Waals surface area contributed by atoms with Crippen LogP contribution in [0, 0.1) is 6.92 Å². The number of halogens is 1. The fourth-order valence-corrected chi connectivity index (χ4v) is 3.64. The SMILES string of the molecule is COc1cc(Cl)c(C)cc1NC(=O)C(=O)Nc1ccccc1Sc1ccccc1. The minimum Gasteiger partial charge on any atom is -0.495 e. The van der Waals surface area contributed by atoms with Gasteiger partial charge in [-0.2, -0.15) is 0 Å². The van der Waals surface area contributed by atoms with Gasteiger partial charge in [-0.25, -0.2) is 0 Å². The number of benzene rings is 3. The maximum absolute atomic E-state index is 12.5. The summed E-state index contributed by atoms with van der Waals surface area (Å²) < 4.78 is 5.23. The molecule has 29 heavy (non-hydrogen) atoms. The molecule has 3 rings (SSSR count). The van der Waals surface area contributed by atoms with Gasteiger partial charge in [0.1, 0.15) is 5.75 Å². The molecule has 3 aromatic rings. The molecule has 0 radical (unpaired) electrons. The molecule has 0 aliphatic rings. The van der Waals surface area contributed by atoms with Gasteiger partial charge in [0, 0.05) is 20.9 Å². The van der Waals surface area contributed by atoms with Gasteiger partial charge in [-0.1, -0.05) is 53.7 Å². The van der Waals surface area contributed by atoms with Crippen molar-refractivity contribution in [3.63, 3.8) is 0 Å². The van der Waals surface area contributed by atoms with E-state index in [2.05, 4.69) is 10.6 Å². The average molecular weight is 427 g/mol. The first-order valence-corrected chi connectivity index (χ1v) is 9.96. The lowest BCUT2D eigenvalue weighted by molar-refractivity contribution is -0.133. The molecule has 0 spiro atoms. The van der Waals surface area contributed by atoms with Crippen LogP contribution in [0.15, 0.2) is 76.5 Å². The summed E-state index contributed by atoms with van der Waals surface area (Å²) in [6.07, 6.45) is 0. The van der Waals surface area contributed by atoms with Crippen LogP contribution in [0.2, 0.25) is 5.02 Å². The van der Waals surface area contributed by atoms with Crippen molar-refractivity contribution in [1.29, 1.82) is 0 Å². The second kappa shape index (κ2) is 9.49. The van der Waals surface area contributed by atoms with E-state index >= 15 is 0 Å². The quantitative estimate of drug-likeness (QED) is 0.537. The molecule has 0 saturated carbocycles. The Morgan fingerprint density at radius 1 is 0.897 bits per heavy atom. The van der Waals surface area contributed by atoms with E-state index in [1.807, 2.05) is 42.5 Å². The van der Waals surface area contributed by atoms with E-state index in [0.29, 0.717) is 22.1 Å². The first-order chi connectivity index (χ1) is 14.0. The monoisotopic (exact) mass is 426 g/mol. The molecular weight excluding hydrogens is 408 g/mol. The Bertz CT molecular complexity index is 1040. The van der Waals surface area contributed by atoms with Gasteiger partial charge >= 0.3 is 11.8 Å². The summed E-state index contributed by atoms with van der Waals surface area (Å²) in [5.74, 6) is -1.20. The topological polar surface area (TPSA) is 67.4 Å². The summed E-state index contributed by atoms with van der Waals surface area (Å²) >= 11 is 7.58. The fraction of sp³-hybridized carbons (Fsp3) is 0.0909.